The molecule has 3 heteroatoms. The molecule has 2 N–H and O–H groups in total. The van der Waals surface area contributed by atoms with Crippen LogP contribution in [-0.2, 0) is 12.8 Å². The van der Waals surface area contributed by atoms with Gasteiger partial charge in [0.05, 0.1) is 5.66 Å². The summed E-state index contributed by atoms with van der Waals surface area (Å²) in [7, 11) is 2.18. The molecule has 0 spiro atoms. The molecule has 1 unspecified atom stereocenters. The van der Waals surface area contributed by atoms with Crippen molar-refractivity contribution < 1.29 is 0 Å². The van der Waals surface area contributed by atoms with Crippen molar-refractivity contribution in [3.05, 3.63) is 35.4 Å². The van der Waals surface area contributed by atoms with Crippen LogP contribution in [-0.4, -0.2) is 48.7 Å². The SMILES string of the molecule is CCc1ccc(CC(C)(N)N2CCN(C)CC2)cc1. The van der Waals surface area contributed by atoms with Gasteiger partial charge in [-0.05, 0) is 31.5 Å². The van der Waals surface area contributed by atoms with Gasteiger partial charge in [-0.1, -0.05) is 31.2 Å². The van der Waals surface area contributed by atoms with Gasteiger partial charge < -0.3 is 10.6 Å². The van der Waals surface area contributed by atoms with Crippen LogP contribution < -0.4 is 5.73 Å². The van der Waals surface area contributed by atoms with Gasteiger partial charge >= 0.3 is 0 Å². The second-order valence-corrected chi connectivity index (χ2v) is 5.99. The first-order chi connectivity index (χ1) is 9.01. The number of hydrogen-bond acceptors (Lipinski definition) is 3. The average Bonchev–Trinajstić information content (AvgIpc) is 2.40. The molecule has 1 aliphatic rings. The van der Waals surface area contributed by atoms with Gasteiger partial charge in [0.15, 0.2) is 0 Å². The summed E-state index contributed by atoms with van der Waals surface area (Å²) >= 11 is 0. The van der Waals surface area contributed by atoms with Crippen molar-refractivity contribution in [3.8, 4) is 0 Å². The summed E-state index contributed by atoms with van der Waals surface area (Å²) in [6, 6.07) is 8.88. The van der Waals surface area contributed by atoms with Crippen LogP contribution in [0.15, 0.2) is 24.3 Å². The maximum absolute atomic E-state index is 6.55. The highest BCUT2D eigenvalue weighted by atomic mass is 15.3. The number of nitrogens with two attached hydrogens (primary N) is 1. The predicted molar refractivity (Wildman–Crippen MR) is 81.2 cm³/mol. The lowest BCUT2D eigenvalue weighted by Crippen LogP contribution is -2.60. The molecule has 1 saturated heterocycles. The number of likely N-dealkylation sites (N-methyl/N-ethyl adjacent to an activating group) is 1. The van der Waals surface area contributed by atoms with E-state index in [4.69, 9.17) is 5.73 Å². The number of rotatable bonds is 4. The number of nitrogens with zero attached hydrogens (tertiary/aromatic N) is 2. The first kappa shape index (κ1) is 14.5. The highest BCUT2D eigenvalue weighted by Gasteiger charge is 2.29. The molecule has 0 aliphatic carbocycles. The Morgan fingerprint density at radius 3 is 2.11 bits per heavy atom. The first-order valence-corrected chi connectivity index (χ1v) is 7.31. The van der Waals surface area contributed by atoms with E-state index in [1.807, 2.05) is 0 Å². The Morgan fingerprint density at radius 1 is 1.05 bits per heavy atom. The van der Waals surface area contributed by atoms with E-state index in [1.165, 1.54) is 11.1 Å². The minimum Gasteiger partial charge on any atom is -0.313 e. The quantitative estimate of drug-likeness (QED) is 0.895. The highest BCUT2D eigenvalue weighted by molar-refractivity contribution is 5.23. The predicted octanol–water partition coefficient (Wildman–Crippen LogP) is 1.71. The third-order valence-electron chi connectivity index (χ3n) is 4.22. The van der Waals surface area contributed by atoms with E-state index in [0.29, 0.717) is 0 Å². The second kappa shape index (κ2) is 6.04. The molecule has 0 bridgehead atoms. The molecular weight excluding hydrogens is 234 g/mol. The molecule has 3 nitrogen and oxygen atoms in total. The molecule has 1 aliphatic heterocycles. The van der Waals surface area contributed by atoms with Crippen molar-refractivity contribution in [1.82, 2.24) is 9.80 Å². The van der Waals surface area contributed by atoms with Crippen LogP contribution in [0.4, 0.5) is 0 Å². The third kappa shape index (κ3) is 3.78. The van der Waals surface area contributed by atoms with E-state index in [9.17, 15) is 0 Å². The molecule has 2 rings (SSSR count). The summed E-state index contributed by atoms with van der Waals surface area (Å²) in [5, 5.41) is 0. The maximum Gasteiger partial charge on any atom is 0.0700 e. The van der Waals surface area contributed by atoms with E-state index in [-0.39, 0.29) is 5.66 Å². The number of benzene rings is 1. The van der Waals surface area contributed by atoms with Crippen LogP contribution in [0.3, 0.4) is 0 Å². The lowest BCUT2D eigenvalue weighted by atomic mass is 9.98. The van der Waals surface area contributed by atoms with E-state index in [2.05, 4.69) is 55.0 Å². The van der Waals surface area contributed by atoms with Gasteiger partial charge in [-0.2, -0.15) is 0 Å². The Labute approximate surface area is 117 Å². The Bertz CT molecular complexity index is 389. The molecule has 19 heavy (non-hydrogen) atoms. The van der Waals surface area contributed by atoms with E-state index in [1.54, 1.807) is 0 Å². The molecule has 0 amide bonds. The summed E-state index contributed by atoms with van der Waals surface area (Å²) in [5.41, 5.74) is 9.03. The zero-order valence-electron chi connectivity index (χ0n) is 12.5. The van der Waals surface area contributed by atoms with Crippen LogP contribution in [0.5, 0.6) is 0 Å². The number of piperazine rings is 1. The Hall–Kier alpha value is -0.900. The van der Waals surface area contributed by atoms with Crippen LogP contribution in [0.2, 0.25) is 0 Å². The van der Waals surface area contributed by atoms with Crippen molar-refractivity contribution in [2.24, 2.45) is 5.73 Å². The summed E-state index contributed by atoms with van der Waals surface area (Å²) in [5.74, 6) is 0. The fourth-order valence-corrected chi connectivity index (χ4v) is 2.74. The summed E-state index contributed by atoms with van der Waals surface area (Å²) in [4.78, 5) is 4.78. The van der Waals surface area contributed by atoms with Gasteiger partial charge in [-0.15, -0.1) is 0 Å². The zero-order valence-corrected chi connectivity index (χ0v) is 12.5. The van der Waals surface area contributed by atoms with Crippen molar-refractivity contribution in [1.29, 1.82) is 0 Å². The van der Waals surface area contributed by atoms with Gasteiger partial charge in [0.25, 0.3) is 0 Å². The number of aryl methyl sites for hydroxylation is 1. The summed E-state index contributed by atoms with van der Waals surface area (Å²) < 4.78 is 0. The first-order valence-electron chi connectivity index (χ1n) is 7.31. The van der Waals surface area contributed by atoms with Gasteiger partial charge in [0.2, 0.25) is 0 Å². The van der Waals surface area contributed by atoms with Gasteiger partial charge in [0.1, 0.15) is 0 Å². The lowest BCUT2D eigenvalue weighted by molar-refractivity contribution is 0.0546. The zero-order chi connectivity index (χ0) is 13.9. The van der Waals surface area contributed by atoms with Crippen LogP contribution in [0.25, 0.3) is 0 Å². The van der Waals surface area contributed by atoms with E-state index in [0.717, 1.165) is 39.0 Å². The van der Waals surface area contributed by atoms with E-state index < -0.39 is 0 Å². The minimum atomic E-state index is -0.241. The fourth-order valence-electron chi connectivity index (χ4n) is 2.74. The molecule has 1 heterocycles. The Kier molecular flexibility index (Phi) is 4.61. The summed E-state index contributed by atoms with van der Waals surface area (Å²) in [6.45, 7) is 8.70. The van der Waals surface area contributed by atoms with E-state index >= 15 is 0 Å². The molecule has 0 saturated carbocycles. The Balaban J connectivity index is 1.99. The second-order valence-electron chi connectivity index (χ2n) is 5.99. The fraction of sp³-hybridized carbons (Fsp3) is 0.625. The highest BCUT2D eigenvalue weighted by Crippen LogP contribution is 2.18. The molecular formula is C16H27N3. The van der Waals surface area contributed by atoms with Crippen LogP contribution in [0, 0.1) is 0 Å². The molecule has 1 aromatic rings. The standard InChI is InChI=1S/C16H27N3/c1-4-14-5-7-15(8-6-14)13-16(2,17)19-11-9-18(3)10-12-19/h5-8H,4,9-13,17H2,1-3H3. The van der Waals surface area contributed by atoms with Crippen molar-refractivity contribution >= 4 is 0 Å². The molecule has 106 valence electrons. The lowest BCUT2D eigenvalue weighted by Gasteiger charge is -2.43. The molecule has 0 radical (unpaired) electrons. The normalized spacial score (nSPS) is 21.3. The molecule has 1 aromatic carbocycles. The van der Waals surface area contributed by atoms with Gasteiger partial charge in [-0.3, -0.25) is 4.90 Å². The summed E-state index contributed by atoms with van der Waals surface area (Å²) in [6.07, 6.45) is 2.01. The van der Waals surface area contributed by atoms with Crippen molar-refractivity contribution in [2.75, 3.05) is 33.2 Å². The van der Waals surface area contributed by atoms with Gasteiger partial charge in [-0.25, -0.2) is 0 Å². The van der Waals surface area contributed by atoms with Crippen molar-refractivity contribution in [3.63, 3.8) is 0 Å². The van der Waals surface area contributed by atoms with Gasteiger partial charge in [0, 0.05) is 32.6 Å². The third-order valence-corrected chi connectivity index (χ3v) is 4.22. The smallest absolute Gasteiger partial charge is 0.0700 e. The molecule has 0 aromatic heterocycles. The van der Waals surface area contributed by atoms with Crippen molar-refractivity contribution in [2.45, 2.75) is 32.4 Å². The number of hydrogen-bond donors (Lipinski definition) is 1. The monoisotopic (exact) mass is 261 g/mol. The Morgan fingerprint density at radius 2 is 1.58 bits per heavy atom. The van der Waals surface area contributed by atoms with Crippen LogP contribution >= 0.6 is 0 Å². The molecule has 1 atom stereocenters. The largest absolute Gasteiger partial charge is 0.313 e. The maximum atomic E-state index is 6.55. The topological polar surface area (TPSA) is 32.5 Å². The average molecular weight is 261 g/mol. The van der Waals surface area contributed by atoms with Crippen LogP contribution in [0.1, 0.15) is 25.0 Å². The minimum absolute atomic E-state index is 0.241. The molecule has 1 fully saturated rings.